The predicted molar refractivity (Wildman–Crippen MR) is 113 cm³/mol. The summed E-state index contributed by atoms with van der Waals surface area (Å²) in [5.74, 6) is -2.21. The summed E-state index contributed by atoms with van der Waals surface area (Å²) in [6.07, 6.45) is -0.671. The first kappa shape index (κ1) is 22.5. The smallest absolute Gasteiger partial charge is 0.308 e. The van der Waals surface area contributed by atoms with Crippen molar-refractivity contribution in [2.75, 3.05) is 11.9 Å². The van der Waals surface area contributed by atoms with Crippen LogP contribution in [0.4, 0.5) is 5.69 Å². The Morgan fingerprint density at radius 3 is 2.34 bits per heavy atom. The molecule has 1 heterocycles. The van der Waals surface area contributed by atoms with Crippen LogP contribution in [0.15, 0.2) is 53.7 Å². The summed E-state index contributed by atoms with van der Waals surface area (Å²) in [7, 11) is 0. The van der Waals surface area contributed by atoms with Crippen LogP contribution >= 0.6 is 0 Å². The van der Waals surface area contributed by atoms with Crippen molar-refractivity contribution >= 4 is 35.0 Å². The molecule has 0 aromatic heterocycles. The van der Waals surface area contributed by atoms with Crippen molar-refractivity contribution in [2.24, 2.45) is 10.9 Å². The second-order valence-corrected chi connectivity index (χ2v) is 7.24. The van der Waals surface area contributed by atoms with Gasteiger partial charge < -0.3 is 25.7 Å². The van der Waals surface area contributed by atoms with Crippen LogP contribution in [0.25, 0.3) is 0 Å². The van der Waals surface area contributed by atoms with Crippen molar-refractivity contribution in [1.29, 1.82) is 0 Å². The molecule has 2 amide bonds. The number of benzene rings is 2. The number of hydrogen-bond acceptors (Lipinski definition) is 7. The van der Waals surface area contributed by atoms with Gasteiger partial charge in [0.1, 0.15) is 5.75 Å². The van der Waals surface area contributed by atoms with Crippen LogP contribution in [-0.4, -0.2) is 46.6 Å². The van der Waals surface area contributed by atoms with E-state index in [1.165, 1.54) is 6.92 Å². The van der Waals surface area contributed by atoms with Crippen LogP contribution in [0.3, 0.4) is 0 Å². The molecular formula is C22H21N3O7. The molecule has 1 aliphatic heterocycles. The monoisotopic (exact) mass is 439 g/mol. The first-order valence-electron chi connectivity index (χ1n) is 9.59. The zero-order valence-electron chi connectivity index (χ0n) is 17.2. The number of Topliss-reactive ketones (excluding diaryl/α,β-unsaturated/α-hetero) is 1. The average Bonchev–Trinajstić information content (AvgIpc) is 3.17. The standard InChI is InChI=1S/C22H21N3O7/c1-13(26)14-2-6-16(7-3-14)24-21(30)22(11-20(28)29)10-18(25-32-22)15-4-8-17(9-5-15)31-12-19(23)27/h2-9H,10-12H2,1H3,(H2,23,27)(H,24,30)(H,28,29)/t22-/m0/s1. The predicted octanol–water partition coefficient (Wildman–Crippen LogP) is 1.73. The maximum atomic E-state index is 13.0. The number of nitrogens with one attached hydrogen (secondary N) is 1. The number of carbonyl (C=O) groups excluding carboxylic acids is 3. The average molecular weight is 439 g/mol. The van der Waals surface area contributed by atoms with Crippen LogP contribution < -0.4 is 15.8 Å². The van der Waals surface area contributed by atoms with Crippen LogP contribution in [0, 0.1) is 0 Å². The fraction of sp³-hybridized carbons (Fsp3) is 0.227. The van der Waals surface area contributed by atoms with Crippen LogP contribution in [0.2, 0.25) is 0 Å². The van der Waals surface area contributed by atoms with Gasteiger partial charge in [0.15, 0.2) is 12.4 Å². The molecule has 2 aromatic carbocycles. The zero-order chi connectivity index (χ0) is 23.3. The summed E-state index contributed by atoms with van der Waals surface area (Å²) in [5, 5.41) is 15.9. The molecular weight excluding hydrogens is 418 g/mol. The Balaban J connectivity index is 1.74. The van der Waals surface area contributed by atoms with E-state index >= 15 is 0 Å². The number of ether oxygens (including phenoxy) is 1. The van der Waals surface area contributed by atoms with Gasteiger partial charge in [0.25, 0.3) is 11.8 Å². The molecule has 2 aromatic rings. The van der Waals surface area contributed by atoms with Crippen LogP contribution in [0.1, 0.15) is 35.7 Å². The van der Waals surface area contributed by atoms with E-state index in [-0.39, 0.29) is 18.8 Å². The minimum absolute atomic E-state index is 0.0713. The Morgan fingerprint density at radius 1 is 1.12 bits per heavy atom. The molecule has 10 nitrogen and oxygen atoms in total. The number of carbonyl (C=O) groups is 4. The van der Waals surface area contributed by atoms with Crippen molar-refractivity contribution in [1.82, 2.24) is 0 Å². The van der Waals surface area contributed by atoms with Gasteiger partial charge in [-0.15, -0.1) is 0 Å². The molecule has 0 bridgehead atoms. The normalized spacial score (nSPS) is 17.1. The molecule has 32 heavy (non-hydrogen) atoms. The van der Waals surface area contributed by atoms with E-state index in [2.05, 4.69) is 10.5 Å². The molecule has 166 valence electrons. The number of anilines is 1. The molecule has 0 spiro atoms. The molecule has 10 heteroatoms. The van der Waals surface area contributed by atoms with E-state index in [9.17, 15) is 24.3 Å². The van der Waals surface area contributed by atoms with Gasteiger partial charge in [0.05, 0.1) is 12.1 Å². The number of amides is 2. The maximum absolute atomic E-state index is 13.0. The number of carboxylic acid groups (broad SMARTS) is 1. The molecule has 0 saturated carbocycles. The van der Waals surface area contributed by atoms with Crippen molar-refractivity contribution < 1.29 is 33.9 Å². The van der Waals surface area contributed by atoms with Gasteiger partial charge in [-0.25, -0.2) is 0 Å². The summed E-state index contributed by atoms with van der Waals surface area (Å²) < 4.78 is 5.20. The van der Waals surface area contributed by atoms with E-state index in [0.717, 1.165) is 0 Å². The topological polar surface area (TPSA) is 157 Å². The molecule has 0 radical (unpaired) electrons. The minimum Gasteiger partial charge on any atom is -0.484 e. The third-order valence-corrected chi connectivity index (χ3v) is 4.75. The molecule has 0 unspecified atom stereocenters. The van der Waals surface area contributed by atoms with Crippen LogP contribution in [-0.2, 0) is 19.2 Å². The number of nitrogens with two attached hydrogens (primary N) is 1. The summed E-state index contributed by atoms with van der Waals surface area (Å²) in [6, 6.07) is 12.7. The van der Waals surface area contributed by atoms with E-state index < -0.39 is 29.8 Å². The lowest BCUT2D eigenvalue weighted by Gasteiger charge is -2.23. The van der Waals surface area contributed by atoms with Gasteiger partial charge in [-0.2, -0.15) is 0 Å². The molecule has 1 aliphatic rings. The van der Waals surface area contributed by atoms with Crippen LogP contribution in [0.5, 0.6) is 5.75 Å². The maximum Gasteiger partial charge on any atom is 0.308 e. The third-order valence-electron chi connectivity index (χ3n) is 4.75. The first-order chi connectivity index (χ1) is 15.2. The Hall–Kier alpha value is -4.21. The second-order valence-electron chi connectivity index (χ2n) is 7.24. The quantitative estimate of drug-likeness (QED) is 0.502. The highest BCUT2D eigenvalue weighted by molar-refractivity contribution is 6.09. The molecule has 0 fully saturated rings. The van der Waals surface area contributed by atoms with Crippen molar-refractivity contribution in [3.8, 4) is 5.75 Å². The van der Waals surface area contributed by atoms with Gasteiger partial charge >= 0.3 is 5.97 Å². The summed E-state index contributed by atoms with van der Waals surface area (Å²) in [6.45, 7) is 1.16. The van der Waals surface area contributed by atoms with Crippen molar-refractivity contribution in [3.05, 3.63) is 59.7 Å². The first-order valence-corrected chi connectivity index (χ1v) is 9.59. The molecule has 0 saturated heterocycles. The Morgan fingerprint density at radius 2 is 1.78 bits per heavy atom. The largest absolute Gasteiger partial charge is 0.484 e. The molecule has 3 rings (SSSR count). The Bertz CT molecular complexity index is 1080. The van der Waals surface area contributed by atoms with Gasteiger partial charge in [-0.1, -0.05) is 5.16 Å². The number of nitrogens with zero attached hydrogens (tertiary/aromatic N) is 1. The number of primary amides is 1. The van der Waals surface area contributed by atoms with E-state index in [1.807, 2.05) is 0 Å². The number of aliphatic carboxylic acids is 1. The summed E-state index contributed by atoms with van der Waals surface area (Å²) in [5.41, 5.74) is 5.16. The zero-order valence-corrected chi connectivity index (χ0v) is 17.2. The van der Waals surface area contributed by atoms with E-state index in [1.54, 1.807) is 48.5 Å². The van der Waals surface area contributed by atoms with Gasteiger partial charge in [-0.05, 0) is 61.0 Å². The Labute approximate surface area is 183 Å². The van der Waals surface area contributed by atoms with Gasteiger partial charge in [0, 0.05) is 17.7 Å². The molecule has 0 aliphatic carbocycles. The van der Waals surface area contributed by atoms with E-state index in [0.29, 0.717) is 28.3 Å². The number of ketones is 1. The molecule has 4 N–H and O–H groups in total. The highest BCUT2D eigenvalue weighted by Crippen LogP contribution is 2.32. The van der Waals surface area contributed by atoms with Gasteiger partial charge in [0.2, 0.25) is 5.60 Å². The summed E-state index contributed by atoms with van der Waals surface area (Å²) in [4.78, 5) is 52.0. The lowest BCUT2D eigenvalue weighted by molar-refractivity contribution is -0.152. The number of hydrogen-bond donors (Lipinski definition) is 3. The SMILES string of the molecule is CC(=O)c1ccc(NC(=O)[C@@]2(CC(=O)O)CC(c3ccc(OCC(N)=O)cc3)=NO2)cc1. The fourth-order valence-electron chi connectivity index (χ4n) is 3.10. The van der Waals surface area contributed by atoms with Gasteiger partial charge in [-0.3, -0.25) is 19.2 Å². The highest BCUT2D eigenvalue weighted by atomic mass is 16.7. The highest BCUT2D eigenvalue weighted by Gasteiger charge is 2.48. The number of carboxylic acids is 1. The lowest BCUT2D eigenvalue weighted by Crippen LogP contribution is -2.45. The number of rotatable bonds is 9. The third kappa shape index (κ3) is 5.28. The number of oxime groups is 1. The van der Waals surface area contributed by atoms with E-state index in [4.69, 9.17) is 15.3 Å². The fourth-order valence-corrected chi connectivity index (χ4v) is 3.10. The van der Waals surface area contributed by atoms with Crippen molar-refractivity contribution in [3.63, 3.8) is 0 Å². The second kappa shape index (κ2) is 9.29. The van der Waals surface area contributed by atoms with Crippen molar-refractivity contribution in [2.45, 2.75) is 25.4 Å². The minimum atomic E-state index is -1.73. The lowest BCUT2D eigenvalue weighted by atomic mass is 9.90. The molecule has 1 atom stereocenters. The summed E-state index contributed by atoms with van der Waals surface area (Å²) >= 11 is 0. The Kier molecular flexibility index (Phi) is 6.53.